The summed E-state index contributed by atoms with van der Waals surface area (Å²) in [5.74, 6) is -1.33. The third-order valence-corrected chi connectivity index (χ3v) is 5.65. The molecule has 9 heteroatoms. The van der Waals surface area contributed by atoms with Crippen LogP contribution in [0.3, 0.4) is 0 Å². The zero-order valence-corrected chi connectivity index (χ0v) is 17.8. The van der Waals surface area contributed by atoms with Crippen molar-refractivity contribution in [3.8, 4) is 5.75 Å². The average molecular weight is 451 g/mol. The highest BCUT2D eigenvalue weighted by Crippen LogP contribution is 2.36. The van der Waals surface area contributed by atoms with Crippen molar-refractivity contribution in [1.29, 1.82) is 0 Å². The molecule has 1 aliphatic heterocycles. The normalized spacial score (nSPS) is 15.3. The van der Waals surface area contributed by atoms with Gasteiger partial charge in [0.2, 0.25) is 5.91 Å². The number of halogens is 2. The lowest BCUT2D eigenvalue weighted by Gasteiger charge is -2.14. The van der Waals surface area contributed by atoms with Gasteiger partial charge in [0.25, 0.3) is 11.1 Å². The number of phenolic OH excluding ortho intramolecular Hbond substituents is 1. The van der Waals surface area contributed by atoms with Gasteiger partial charge < -0.3 is 10.4 Å². The molecule has 2 N–H and O–H groups in total. The minimum absolute atomic E-state index is 0.0239. The van der Waals surface area contributed by atoms with Crippen molar-refractivity contribution < 1.29 is 19.5 Å². The maximum Gasteiger partial charge on any atom is 0.294 e. The zero-order chi connectivity index (χ0) is 21.3. The van der Waals surface area contributed by atoms with Crippen molar-refractivity contribution in [3.05, 3.63) is 62.0 Å². The van der Waals surface area contributed by atoms with Crippen LogP contribution < -0.4 is 5.32 Å². The predicted octanol–water partition coefficient (Wildman–Crippen LogP) is 4.99. The first-order chi connectivity index (χ1) is 13.7. The van der Waals surface area contributed by atoms with Gasteiger partial charge in [-0.1, -0.05) is 40.9 Å². The molecule has 0 aliphatic carbocycles. The highest BCUT2D eigenvalue weighted by Gasteiger charge is 2.36. The Morgan fingerprint density at radius 3 is 2.45 bits per heavy atom. The number of aromatic hydroxyl groups is 1. The number of imide groups is 1. The largest absolute Gasteiger partial charge is 0.505 e. The Morgan fingerprint density at radius 1 is 1.17 bits per heavy atom. The molecule has 0 aromatic heterocycles. The van der Waals surface area contributed by atoms with Crippen LogP contribution in [0.4, 0.5) is 10.5 Å². The Hall–Kier alpha value is -2.48. The predicted molar refractivity (Wildman–Crippen MR) is 115 cm³/mol. The minimum Gasteiger partial charge on any atom is -0.505 e. The number of benzene rings is 2. The van der Waals surface area contributed by atoms with E-state index in [0.717, 1.165) is 16.0 Å². The van der Waals surface area contributed by atoms with E-state index >= 15 is 0 Å². The van der Waals surface area contributed by atoms with Crippen molar-refractivity contribution >= 4 is 63.8 Å². The maximum atomic E-state index is 12.6. The number of hydrogen-bond donors (Lipinski definition) is 2. The summed E-state index contributed by atoms with van der Waals surface area (Å²) in [4.78, 5) is 38.2. The van der Waals surface area contributed by atoms with E-state index in [1.165, 1.54) is 18.2 Å². The van der Waals surface area contributed by atoms with Crippen LogP contribution >= 0.6 is 35.0 Å². The third kappa shape index (κ3) is 4.75. The van der Waals surface area contributed by atoms with Crippen LogP contribution in [-0.4, -0.2) is 33.6 Å². The lowest BCUT2D eigenvalue weighted by atomic mass is 10.1. The van der Waals surface area contributed by atoms with Gasteiger partial charge in [0.1, 0.15) is 6.54 Å². The second kappa shape index (κ2) is 8.49. The number of anilines is 1. The number of phenols is 1. The van der Waals surface area contributed by atoms with E-state index in [-0.39, 0.29) is 20.7 Å². The number of nitrogens with one attached hydrogen (secondary N) is 1. The smallest absolute Gasteiger partial charge is 0.294 e. The van der Waals surface area contributed by atoms with Gasteiger partial charge in [0, 0.05) is 5.69 Å². The van der Waals surface area contributed by atoms with E-state index in [2.05, 4.69) is 5.32 Å². The quantitative estimate of drug-likeness (QED) is 0.640. The Labute approximate surface area is 181 Å². The Bertz CT molecular complexity index is 1050. The van der Waals surface area contributed by atoms with Crippen LogP contribution in [0.5, 0.6) is 5.75 Å². The van der Waals surface area contributed by atoms with Crippen molar-refractivity contribution in [3.63, 3.8) is 0 Å². The number of thioether (sulfide) groups is 1. The van der Waals surface area contributed by atoms with Crippen LogP contribution in [-0.2, 0) is 9.59 Å². The molecule has 1 aliphatic rings. The third-order valence-electron chi connectivity index (χ3n) is 4.17. The second-order valence-electron chi connectivity index (χ2n) is 6.47. The molecule has 0 unspecified atom stereocenters. The molecule has 29 heavy (non-hydrogen) atoms. The van der Waals surface area contributed by atoms with E-state index in [1.807, 2.05) is 26.0 Å². The summed E-state index contributed by atoms with van der Waals surface area (Å²) in [6.07, 6.45) is 1.43. The van der Waals surface area contributed by atoms with Crippen molar-refractivity contribution in [2.75, 3.05) is 11.9 Å². The summed E-state index contributed by atoms with van der Waals surface area (Å²) < 4.78 is 0. The summed E-state index contributed by atoms with van der Waals surface area (Å²) in [5.41, 5.74) is 3.01. The van der Waals surface area contributed by atoms with Crippen LogP contribution in [0, 0.1) is 13.8 Å². The average Bonchev–Trinajstić information content (AvgIpc) is 2.89. The summed E-state index contributed by atoms with van der Waals surface area (Å²) in [6, 6.07) is 8.40. The van der Waals surface area contributed by atoms with Crippen molar-refractivity contribution in [1.82, 2.24) is 4.90 Å². The standard InChI is InChI=1S/C20H16Cl2N2O4S/c1-10-3-4-15(11(2)5-10)23-17(25)9-24-19(27)16(29-20(24)28)8-12-6-13(21)18(26)14(22)7-12/h3-8,26H,9H2,1-2H3,(H,23,25)/b16-8-. The van der Waals surface area contributed by atoms with Crippen molar-refractivity contribution in [2.24, 2.45) is 0 Å². The summed E-state index contributed by atoms with van der Waals surface area (Å²) in [5, 5.41) is 11.8. The molecule has 1 heterocycles. The van der Waals surface area contributed by atoms with E-state index in [1.54, 1.807) is 6.07 Å². The molecular formula is C20H16Cl2N2O4S. The fraction of sp³-hybridized carbons (Fsp3) is 0.150. The van der Waals surface area contributed by atoms with Gasteiger partial charge in [0.15, 0.2) is 5.75 Å². The van der Waals surface area contributed by atoms with E-state index in [9.17, 15) is 19.5 Å². The Balaban J connectivity index is 1.74. The van der Waals surface area contributed by atoms with Gasteiger partial charge >= 0.3 is 0 Å². The van der Waals surface area contributed by atoms with Gasteiger partial charge in [-0.2, -0.15) is 0 Å². The maximum absolute atomic E-state index is 12.6. The molecule has 3 rings (SSSR count). The summed E-state index contributed by atoms with van der Waals surface area (Å²) >= 11 is 12.5. The fourth-order valence-electron chi connectivity index (χ4n) is 2.74. The lowest BCUT2D eigenvalue weighted by molar-refractivity contribution is -0.127. The molecule has 1 saturated heterocycles. The molecule has 150 valence electrons. The number of rotatable bonds is 4. The first kappa shape index (κ1) is 21.2. The lowest BCUT2D eigenvalue weighted by Crippen LogP contribution is -2.36. The second-order valence-corrected chi connectivity index (χ2v) is 8.28. The number of amides is 3. The van der Waals surface area contributed by atoms with E-state index < -0.39 is 23.6 Å². The van der Waals surface area contributed by atoms with Gasteiger partial charge in [-0.15, -0.1) is 0 Å². The first-order valence-electron chi connectivity index (χ1n) is 8.46. The van der Waals surface area contributed by atoms with E-state index in [0.29, 0.717) is 23.0 Å². The zero-order valence-electron chi connectivity index (χ0n) is 15.5. The number of carbonyl (C=O) groups is 3. The van der Waals surface area contributed by atoms with E-state index in [4.69, 9.17) is 23.2 Å². The topological polar surface area (TPSA) is 86.7 Å². The molecule has 2 aromatic carbocycles. The molecule has 6 nitrogen and oxygen atoms in total. The minimum atomic E-state index is -0.587. The van der Waals surface area contributed by atoms with Gasteiger partial charge in [-0.05, 0) is 61.0 Å². The Kier molecular flexibility index (Phi) is 6.21. The SMILES string of the molecule is Cc1ccc(NC(=O)CN2C(=O)S/C(=C\c3cc(Cl)c(O)c(Cl)c3)C2=O)c(C)c1. The highest BCUT2D eigenvalue weighted by molar-refractivity contribution is 8.18. The number of carbonyl (C=O) groups excluding carboxylic acids is 3. The fourth-order valence-corrected chi connectivity index (χ4v) is 4.09. The first-order valence-corrected chi connectivity index (χ1v) is 10.0. The molecule has 2 aromatic rings. The van der Waals surface area contributed by atoms with Crippen LogP contribution in [0.1, 0.15) is 16.7 Å². The number of nitrogens with zero attached hydrogens (tertiary/aromatic N) is 1. The number of aryl methyl sites for hydroxylation is 2. The Morgan fingerprint density at radius 2 is 1.83 bits per heavy atom. The van der Waals surface area contributed by atoms with Crippen molar-refractivity contribution in [2.45, 2.75) is 13.8 Å². The monoisotopic (exact) mass is 450 g/mol. The molecule has 0 atom stereocenters. The highest BCUT2D eigenvalue weighted by atomic mass is 35.5. The van der Waals surface area contributed by atoms with Gasteiger partial charge in [-0.3, -0.25) is 19.3 Å². The van der Waals surface area contributed by atoms with Gasteiger partial charge in [0.05, 0.1) is 15.0 Å². The number of hydrogen-bond acceptors (Lipinski definition) is 5. The molecular weight excluding hydrogens is 435 g/mol. The summed E-state index contributed by atoms with van der Waals surface area (Å²) in [6.45, 7) is 3.41. The summed E-state index contributed by atoms with van der Waals surface area (Å²) in [7, 11) is 0. The van der Waals surface area contributed by atoms with Crippen LogP contribution in [0.2, 0.25) is 10.0 Å². The molecule has 0 bridgehead atoms. The van der Waals surface area contributed by atoms with Gasteiger partial charge in [-0.25, -0.2) is 0 Å². The van der Waals surface area contributed by atoms with Crippen LogP contribution in [0.15, 0.2) is 35.2 Å². The molecule has 0 saturated carbocycles. The molecule has 0 spiro atoms. The molecule has 0 radical (unpaired) electrons. The molecule has 1 fully saturated rings. The molecule has 3 amide bonds. The van der Waals surface area contributed by atoms with Crippen LogP contribution in [0.25, 0.3) is 6.08 Å².